The summed E-state index contributed by atoms with van der Waals surface area (Å²) >= 11 is 0. The molecule has 3 heteroatoms. The minimum Gasteiger partial charge on any atom is -0.496 e. The quantitative estimate of drug-likeness (QED) is 0.856. The van der Waals surface area contributed by atoms with Crippen molar-refractivity contribution in [2.24, 2.45) is 0 Å². The van der Waals surface area contributed by atoms with Crippen LogP contribution in [0.15, 0.2) is 18.2 Å². The van der Waals surface area contributed by atoms with Gasteiger partial charge in [0.15, 0.2) is 0 Å². The molecule has 3 nitrogen and oxygen atoms in total. The Hall–Kier alpha value is -1.06. The normalized spacial score (nSPS) is 21.1. The first kappa shape index (κ1) is 14.4. The van der Waals surface area contributed by atoms with Gasteiger partial charge in [0.1, 0.15) is 5.75 Å². The van der Waals surface area contributed by atoms with Crippen LogP contribution in [0.3, 0.4) is 0 Å². The van der Waals surface area contributed by atoms with Crippen molar-refractivity contribution >= 4 is 0 Å². The Balaban J connectivity index is 2.22. The lowest BCUT2D eigenvalue weighted by Crippen LogP contribution is -2.43. The van der Waals surface area contributed by atoms with Crippen LogP contribution >= 0.6 is 0 Å². The zero-order chi connectivity index (χ0) is 13.7. The van der Waals surface area contributed by atoms with Gasteiger partial charge >= 0.3 is 0 Å². The van der Waals surface area contributed by atoms with Crippen molar-refractivity contribution in [2.75, 3.05) is 20.7 Å². The Morgan fingerprint density at radius 3 is 2.84 bits per heavy atom. The lowest BCUT2D eigenvalue weighted by molar-refractivity contribution is 0.326. The molecule has 1 aromatic rings. The third kappa shape index (κ3) is 3.28. The summed E-state index contributed by atoms with van der Waals surface area (Å²) in [6, 6.07) is 7.50. The fourth-order valence-electron chi connectivity index (χ4n) is 3.03. The first-order valence-corrected chi connectivity index (χ1v) is 7.37. The summed E-state index contributed by atoms with van der Waals surface area (Å²) in [5.74, 6) is 0.998. The standard InChI is InChI=1S/C16H26N2O/c1-4-12-11-13(8-9-15(12)19-3)16(17-2)14-7-5-6-10-18-14/h8-9,11,14,16-18H,4-7,10H2,1-3H3. The van der Waals surface area contributed by atoms with E-state index in [0.717, 1.165) is 18.7 Å². The van der Waals surface area contributed by atoms with Crippen LogP contribution in [-0.4, -0.2) is 26.7 Å². The molecule has 0 saturated carbocycles. The molecular formula is C16H26N2O. The van der Waals surface area contributed by atoms with Crippen molar-refractivity contribution < 1.29 is 4.74 Å². The van der Waals surface area contributed by atoms with Crippen LogP contribution in [0.25, 0.3) is 0 Å². The van der Waals surface area contributed by atoms with Gasteiger partial charge in [0, 0.05) is 12.1 Å². The summed E-state index contributed by atoms with van der Waals surface area (Å²) in [6.45, 7) is 3.31. The number of hydrogen-bond acceptors (Lipinski definition) is 3. The third-order valence-corrected chi connectivity index (χ3v) is 4.11. The lowest BCUT2D eigenvalue weighted by atomic mass is 9.91. The van der Waals surface area contributed by atoms with Crippen LogP contribution in [0.1, 0.15) is 43.4 Å². The van der Waals surface area contributed by atoms with Crippen LogP contribution in [-0.2, 0) is 6.42 Å². The molecular weight excluding hydrogens is 236 g/mol. The van der Waals surface area contributed by atoms with Crippen LogP contribution in [0.2, 0.25) is 0 Å². The lowest BCUT2D eigenvalue weighted by Gasteiger charge is -2.32. The number of aryl methyl sites for hydroxylation is 1. The number of methoxy groups -OCH3 is 1. The summed E-state index contributed by atoms with van der Waals surface area (Å²) < 4.78 is 5.41. The van der Waals surface area contributed by atoms with Gasteiger partial charge in [0.05, 0.1) is 7.11 Å². The molecule has 0 aliphatic carbocycles. The Morgan fingerprint density at radius 1 is 1.42 bits per heavy atom. The molecule has 106 valence electrons. The Morgan fingerprint density at radius 2 is 2.26 bits per heavy atom. The molecule has 2 atom stereocenters. The number of hydrogen-bond donors (Lipinski definition) is 2. The van der Waals surface area contributed by atoms with Crippen molar-refractivity contribution in [1.29, 1.82) is 0 Å². The molecule has 1 saturated heterocycles. The fourth-order valence-corrected chi connectivity index (χ4v) is 3.03. The minimum atomic E-state index is 0.386. The number of rotatable bonds is 5. The van der Waals surface area contributed by atoms with Crippen LogP contribution in [0.5, 0.6) is 5.75 Å². The summed E-state index contributed by atoms with van der Waals surface area (Å²) in [6.07, 6.45) is 4.88. The molecule has 1 fully saturated rings. The maximum atomic E-state index is 5.41. The van der Waals surface area contributed by atoms with Gasteiger partial charge < -0.3 is 15.4 Å². The number of piperidine rings is 1. The zero-order valence-electron chi connectivity index (χ0n) is 12.3. The fraction of sp³-hybridized carbons (Fsp3) is 0.625. The van der Waals surface area contributed by atoms with E-state index >= 15 is 0 Å². The molecule has 1 aliphatic heterocycles. The van der Waals surface area contributed by atoms with Gasteiger partial charge in [0.25, 0.3) is 0 Å². The van der Waals surface area contributed by atoms with Crippen LogP contribution in [0.4, 0.5) is 0 Å². The summed E-state index contributed by atoms with van der Waals surface area (Å²) in [4.78, 5) is 0. The van der Waals surface area contributed by atoms with Crippen molar-refractivity contribution in [3.63, 3.8) is 0 Å². The van der Waals surface area contributed by atoms with E-state index in [9.17, 15) is 0 Å². The van der Waals surface area contributed by atoms with Crippen molar-refractivity contribution in [1.82, 2.24) is 10.6 Å². The summed E-state index contributed by atoms with van der Waals surface area (Å²) in [5, 5.41) is 7.11. The summed E-state index contributed by atoms with van der Waals surface area (Å²) in [7, 11) is 3.79. The van der Waals surface area contributed by atoms with Crippen molar-refractivity contribution in [2.45, 2.75) is 44.7 Å². The molecule has 2 unspecified atom stereocenters. The van der Waals surface area contributed by atoms with E-state index in [1.54, 1.807) is 7.11 Å². The largest absolute Gasteiger partial charge is 0.496 e. The van der Waals surface area contributed by atoms with Crippen LogP contribution in [0, 0.1) is 0 Å². The molecule has 0 radical (unpaired) electrons. The monoisotopic (exact) mass is 262 g/mol. The highest BCUT2D eigenvalue weighted by Crippen LogP contribution is 2.27. The van der Waals surface area contributed by atoms with Crippen LogP contribution < -0.4 is 15.4 Å². The Bertz CT molecular complexity index is 400. The van der Waals surface area contributed by atoms with E-state index < -0.39 is 0 Å². The average Bonchev–Trinajstić information content (AvgIpc) is 2.49. The van der Waals surface area contributed by atoms with Gasteiger partial charge in [-0.2, -0.15) is 0 Å². The second-order valence-corrected chi connectivity index (χ2v) is 5.25. The predicted octanol–water partition coefficient (Wildman–Crippen LogP) is 2.66. The number of nitrogens with one attached hydrogen (secondary N) is 2. The van der Waals surface area contributed by atoms with E-state index in [4.69, 9.17) is 4.74 Å². The SMILES string of the molecule is CCc1cc(C(NC)C2CCCCN2)ccc1OC. The number of ether oxygens (including phenoxy) is 1. The van der Waals surface area contributed by atoms with Gasteiger partial charge in [-0.15, -0.1) is 0 Å². The maximum Gasteiger partial charge on any atom is 0.122 e. The van der Waals surface area contributed by atoms with E-state index in [0.29, 0.717) is 12.1 Å². The highest BCUT2D eigenvalue weighted by atomic mass is 16.5. The first-order chi connectivity index (χ1) is 9.30. The smallest absolute Gasteiger partial charge is 0.122 e. The average molecular weight is 262 g/mol. The molecule has 2 N–H and O–H groups in total. The molecule has 0 aromatic heterocycles. The second-order valence-electron chi connectivity index (χ2n) is 5.25. The van der Waals surface area contributed by atoms with Crippen molar-refractivity contribution in [3.05, 3.63) is 29.3 Å². The maximum absolute atomic E-state index is 5.41. The molecule has 0 amide bonds. The van der Waals surface area contributed by atoms with Gasteiger partial charge in [0.2, 0.25) is 0 Å². The highest BCUT2D eigenvalue weighted by molar-refractivity contribution is 5.39. The predicted molar refractivity (Wildman–Crippen MR) is 79.8 cm³/mol. The van der Waals surface area contributed by atoms with E-state index in [1.165, 1.54) is 30.4 Å². The van der Waals surface area contributed by atoms with Gasteiger partial charge in [-0.3, -0.25) is 0 Å². The topological polar surface area (TPSA) is 33.3 Å². The Kier molecular flexibility index (Phi) is 5.23. The molecule has 1 aliphatic rings. The van der Waals surface area contributed by atoms with Gasteiger partial charge in [-0.05, 0) is 50.0 Å². The van der Waals surface area contributed by atoms with E-state index in [1.807, 2.05) is 0 Å². The second kappa shape index (κ2) is 6.92. The molecule has 1 heterocycles. The Labute approximate surface area is 116 Å². The van der Waals surface area contributed by atoms with Gasteiger partial charge in [-0.25, -0.2) is 0 Å². The molecule has 1 aromatic carbocycles. The third-order valence-electron chi connectivity index (χ3n) is 4.11. The number of benzene rings is 1. The molecule has 0 bridgehead atoms. The zero-order valence-corrected chi connectivity index (χ0v) is 12.3. The summed E-state index contributed by atoms with van der Waals surface area (Å²) in [5.41, 5.74) is 2.65. The first-order valence-electron chi connectivity index (χ1n) is 7.37. The van der Waals surface area contributed by atoms with E-state index in [-0.39, 0.29) is 0 Å². The molecule has 0 spiro atoms. The number of likely N-dealkylation sites (N-methyl/N-ethyl adjacent to an activating group) is 1. The van der Waals surface area contributed by atoms with Crippen molar-refractivity contribution in [3.8, 4) is 5.75 Å². The molecule has 2 rings (SSSR count). The molecule has 19 heavy (non-hydrogen) atoms. The van der Waals surface area contributed by atoms with E-state index in [2.05, 4.69) is 42.8 Å². The minimum absolute atomic E-state index is 0.386. The highest BCUT2D eigenvalue weighted by Gasteiger charge is 2.23. The van der Waals surface area contributed by atoms with Gasteiger partial charge in [-0.1, -0.05) is 25.5 Å².